The number of thioether (sulfide) groups is 1. The van der Waals surface area contributed by atoms with Crippen LogP contribution in [-0.2, 0) is 5.75 Å². The zero-order chi connectivity index (χ0) is 20.4. The van der Waals surface area contributed by atoms with Crippen LogP contribution in [0, 0.1) is 6.92 Å². The molecule has 0 N–H and O–H groups in total. The minimum Gasteiger partial charge on any atom is -0.360 e. The molecule has 0 aliphatic heterocycles. The van der Waals surface area contributed by atoms with Crippen LogP contribution in [0.25, 0.3) is 16.6 Å². The van der Waals surface area contributed by atoms with E-state index in [0.29, 0.717) is 27.7 Å². The highest BCUT2D eigenvalue weighted by molar-refractivity contribution is 7.98. The molecule has 0 saturated heterocycles. The SMILES string of the molecule is CCC(C)c1ccc(-n2c(SCc3cc(C)no3)nc3ccccc3c2=O)cc1. The van der Waals surface area contributed by atoms with E-state index in [0.717, 1.165) is 23.6 Å². The molecule has 0 aliphatic carbocycles. The quantitative estimate of drug-likeness (QED) is 0.314. The van der Waals surface area contributed by atoms with Gasteiger partial charge in [0, 0.05) is 6.07 Å². The Hall–Kier alpha value is -2.86. The minimum atomic E-state index is -0.0665. The molecule has 1 unspecified atom stereocenters. The number of hydrogen-bond donors (Lipinski definition) is 0. The van der Waals surface area contributed by atoms with Gasteiger partial charge in [-0.25, -0.2) is 4.98 Å². The first kappa shape index (κ1) is 19.5. The second kappa shape index (κ2) is 8.25. The predicted octanol–water partition coefficient (Wildman–Crippen LogP) is 5.49. The molecule has 0 radical (unpaired) electrons. The summed E-state index contributed by atoms with van der Waals surface area (Å²) in [7, 11) is 0. The van der Waals surface area contributed by atoms with E-state index in [1.165, 1.54) is 17.3 Å². The second-order valence-electron chi connectivity index (χ2n) is 7.18. The lowest BCUT2D eigenvalue weighted by Crippen LogP contribution is -2.21. The zero-order valence-corrected chi connectivity index (χ0v) is 17.6. The molecule has 4 rings (SSSR count). The molecule has 4 aromatic rings. The number of benzene rings is 2. The summed E-state index contributed by atoms with van der Waals surface area (Å²) in [5, 5.41) is 5.18. The fourth-order valence-electron chi connectivity index (χ4n) is 3.24. The van der Waals surface area contributed by atoms with Gasteiger partial charge in [-0.2, -0.15) is 0 Å². The van der Waals surface area contributed by atoms with Crippen LogP contribution in [0.15, 0.2) is 69.1 Å². The van der Waals surface area contributed by atoms with E-state index in [9.17, 15) is 4.79 Å². The Balaban J connectivity index is 1.79. The molecule has 0 bridgehead atoms. The van der Waals surface area contributed by atoms with E-state index in [1.54, 1.807) is 4.57 Å². The van der Waals surface area contributed by atoms with E-state index < -0.39 is 0 Å². The van der Waals surface area contributed by atoms with Crippen LogP contribution < -0.4 is 5.56 Å². The molecule has 1 atom stereocenters. The Morgan fingerprint density at radius 1 is 1.14 bits per heavy atom. The number of hydrogen-bond acceptors (Lipinski definition) is 5. The monoisotopic (exact) mass is 405 g/mol. The van der Waals surface area contributed by atoms with Crippen molar-refractivity contribution in [3.05, 3.63) is 82.0 Å². The van der Waals surface area contributed by atoms with Gasteiger partial charge in [-0.15, -0.1) is 0 Å². The van der Waals surface area contributed by atoms with Crippen molar-refractivity contribution in [1.82, 2.24) is 14.7 Å². The summed E-state index contributed by atoms with van der Waals surface area (Å²) in [6.07, 6.45) is 1.08. The number of fused-ring (bicyclic) bond motifs is 1. The molecule has 0 amide bonds. The van der Waals surface area contributed by atoms with Gasteiger partial charge in [0.2, 0.25) is 0 Å². The maximum atomic E-state index is 13.3. The van der Waals surface area contributed by atoms with Crippen molar-refractivity contribution < 1.29 is 4.52 Å². The molecular weight excluding hydrogens is 382 g/mol. The molecule has 2 aromatic heterocycles. The average Bonchev–Trinajstić information content (AvgIpc) is 3.17. The van der Waals surface area contributed by atoms with Gasteiger partial charge in [0.05, 0.1) is 28.0 Å². The fraction of sp³-hybridized carbons (Fsp3) is 0.261. The zero-order valence-electron chi connectivity index (χ0n) is 16.8. The highest BCUT2D eigenvalue weighted by atomic mass is 32.2. The van der Waals surface area contributed by atoms with Crippen molar-refractivity contribution in [1.29, 1.82) is 0 Å². The molecule has 0 spiro atoms. The van der Waals surface area contributed by atoms with Crippen LogP contribution in [-0.4, -0.2) is 14.7 Å². The van der Waals surface area contributed by atoms with Gasteiger partial charge in [-0.1, -0.05) is 55.0 Å². The van der Waals surface area contributed by atoms with Crippen molar-refractivity contribution in [2.24, 2.45) is 0 Å². The highest BCUT2D eigenvalue weighted by Gasteiger charge is 2.15. The van der Waals surface area contributed by atoms with Gasteiger partial charge in [-0.05, 0) is 49.1 Å². The molecule has 148 valence electrons. The fourth-order valence-corrected chi connectivity index (χ4v) is 4.13. The molecular formula is C23H23N3O2S. The Morgan fingerprint density at radius 2 is 1.90 bits per heavy atom. The number of nitrogens with zero attached hydrogens (tertiary/aromatic N) is 3. The molecule has 29 heavy (non-hydrogen) atoms. The van der Waals surface area contributed by atoms with E-state index in [1.807, 2.05) is 49.4 Å². The smallest absolute Gasteiger partial charge is 0.266 e. The molecule has 0 saturated carbocycles. The van der Waals surface area contributed by atoms with Crippen LogP contribution in [0.4, 0.5) is 0 Å². The first-order chi connectivity index (χ1) is 14.1. The topological polar surface area (TPSA) is 60.9 Å². The summed E-state index contributed by atoms with van der Waals surface area (Å²) < 4.78 is 7.01. The third-order valence-electron chi connectivity index (χ3n) is 5.10. The van der Waals surface area contributed by atoms with Gasteiger partial charge in [0.25, 0.3) is 5.56 Å². The van der Waals surface area contributed by atoms with E-state index in [4.69, 9.17) is 9.51 Å². The van der Waals surface area contributed by atoms with Crippen LogP contribution >= 0.6 is 11.8 Å². The summed E-state index contributed by atoms with van der Waals surface area (Å²) in [4.78, 5) is 18.1. The Bertz CT molecular complexity index is 1190. The summed E-state index contributed by atoms with van der Waals surface area (Å²) in [5.74, 6) is 1.80. The first-order valence-corrected chi connectivity index (χ1v) is 10.7. The lowest BCUT2D eigenvalue weighted by atomic mass is 9.98. The number of rotatable bonds is 6. The summed E-state index contributed by atoms with van der Waals surface area (Å²) >= 11 is 1.47. The Kier molecular flexibility index (Phi) is 5.53. The maximum absolute atomic E-state index is 13.3. The average molecular weight is 406 g/mol. The largest absolute Gasteiger partial charge is 0.360 e. The van der Waals surface area contributed by atoms with Crippen LogP contribution in [0.3, 0.4) is 0 Å². The molecule has 5 nitrogen and oxygen atoms in total. The lowest BCUT2D eigenvalue weighted by Gasteiger charge is -2.14. The van der Waals surface area contributed by atoms with Crippen molar-refractivity contribution >= 4 is 22.7 Å². The van der Waals surface area contributed by atoms with Gasteiger partial charge < -0.3 is 4.52 Å². The van der Waals surface area contributed by atoms with Crippen molar-refractivity contribution in [2.75, 3.05) is 0 Å². The van der Waals surface area contributed by atoms with E-state index >= 15 is 0 Å². The van der Waals surface area contributed by atoms with E-state index in [-0.39, 0.29) is 5.56 Å². The molecule has 2 heterocycles. The van der Waals surface area contributed by atoms with Gasteiger partial charge in [0.15, 0.2) is 5.16 Å². The summed E-state index contributed by atoms with van der Waals surface area (Å²) in [6, 6.07) is 17.6. The van der Waals surface area contributed by atoms with Gasteiger partial charge >= 0.3 is 0 Å². The molecule has 6 heteroatoms. The van der Waals surface area contributed by atoms with Crippen molar-refractivity contribution in [3.63, 3.8) is 0 Å². The standard InChI is InChI=1S/C23H23N3O2S/c1-4-15(2)17-9-11-18(12-10-17)26-22(27)20-7-5-6-8-21(20)24-23(26)29-14-19-13-16(3)25-28-19/h5-13,15H,4,14H2,1-3H3. The lowest BCUT2D eigenvalue weighted by molar-refractivity contribution is 0.391. The molecule has 0 aliphatic rings. The van der Waals surface area contributed by atoms with Gasteiger partial charge in [-0.3, -0.25) is 9.36 Å². The van der Waals surface area contributed by atoms with Crippen molar-refractivity contribution in [3.8, 4) is 5.69 Å². The number of para-hydroxylation sites is 1. The third-order valence-corrected chi connectivity index (χ3v) is 6.06. The van der Waals surface area contributed by atoms with Crippen LogP contribution in [0.2, 0.25) is 0 Å². The molecule has 2 aromatic carbocycles. The minimum absolute atomic E-state index is 0.0665. The molecule has 0 fully saturated rings. The highest BCUT2D eigenvalue weighted by Crippen LogP contribution is 2.26. The van der Waals surface area contributed by atoms with E-state index in [2.05, 4.69) is 31.1 Å². The number of aromatic nitrogens is 3. The third kappa shape index (κ3) is 3.98. The number of aryl methyl sites for hydroxylation is 1. The van der Waals surface area contributed by atoms with Crippen molar-refractivity contribution in [2.45, 2.75) is 44.0 Å². The summed E-state index contributed by atoms with van der Waals surface area (Å²) in [5.41, 5.74) is 3.55. The maximum Gasteiger partial charge on any atom is 0.266 e. The van der Waals surface area contributed by atoms with Gasteiger partial charge in [0.1, 0.15) is 5.76 Å². The predicted molar refractivity (Wildman–Crippen MR) is 117 cm³/mol. The Labute approximate surface area is 173 Å². The van der Waals surface area contributed by atoms with Crippen LogP contribution in [0.5, 0.6) is 0 Å². The summed E-state index contributed by atoms with van der Waals surface area (Å²) in [6.45, 7) is 6.27. The van der Waals surface area contributed by atoms with Crippen LogP contribution in [0.1, 0.15) is 43.2 Å². The normalized spacial score (nSPS) is 12.4. The first-order valence-electron chi connectivity index (χ1n) is 9.74. The Morgan fingerprint density at radius 3 is 2.59 bits per heavy atom. The second-order valence-corrected chi connectivity index (χ2v) is 8.12.